The van der Waals surface area contributed by atoms with Gasteiger partial charge in [-0.2, -0.15) is 0 Å². The van der Waals surface area contributed by atoms with E-state index in [9.17, 15) is 4.39 Å². The quantitative estimate of drug-likeness (QED) is 0.869. The second kappa shape index (κ2) is 6.45. The number of halogens is 1. The minimum Gasteiger partial charge on any atom is -0.378 e. The molecule has 1 aliphatic rings. The molecule has 0 N–H and O–H groups in total. The summed E-state index contributed by atoms with van der Waals surface area (Å²) in [5.41, 5.74) is 1.76. The van der Waals surface area contributed by atoms with Crippen LogP contribution in [0.15, 0.2) is 36.5 Å². The van der Waals surface area contributed by atoms with Crippen molar-refractivity contribution in [1.82, 2.24) is 9.97 Å². The Morgan fingerprint density at radius 2 is 1.81 bits per heavy atom. The van der Waals surface area contributed by atoms with Crippen LogP contribution in [0.5, 0.6) is 0 Å². The van der Waals surface area contributed by atoms with Gasteiger partial charge in [-0.05, 0) is 29.8 Å². The van der Waals surface area contributed by atoms with Crippen LogP contribution in [-0.2, 0) is 4.74 Å². The fourth-order valence-corrected chi connectivity index (χ4v) is 2.13. The molecule has 0 atom stereocenters. The summed E-state index contributed by atoms with van der Waals surface area (Å²) in [4.78, 5) is 10.9. The second-order valence-electron chi connectivity index (χ2n) is 4.77. The van der Waals surface area contributed by atoms with Crippen molar-refractivity contribution in [2.45, 2.75) is 0 Å². The van der Waals surface area contributed by atoms with Crippen LogP contribution in [-0.4, -0.2) is 36.3 Å². The second-order valence-corrected chi connectivity index (χ2v) is 4.77. The van der Waals surface area contributed by atoms with Crippen LogP contribution in [0.2, 0.25) is 0 Å². The molecule has 1 aromatic heterocycles. The summed E-state index contributed by atoms with van der Waals surface area (Å²) in [6.07, 6.45) is 5.56. The van der Waals surface area contributed by atoms with Gasteiger partial charge in [-0.15, -0.1) is 0 Å². The van der Waals surface area contributed by atoms with Gasteiger partial charge in [-0.3, -0.25) is 0 Å². The molecule has 0 bridgehead atoms. The minimum absolute atomic E-state index is 0.233. The van der Waals surface area contributed by atoms with E-state index < -0.39 is 0 Å². The fraction of sp³-hybridized carbons (Fsp3) is 0.250. The van der Waals surface area contributed by atoms with E-state index in [1.165, 1.54) is 12.1 Å². The summed E-state index contributed by atoms with van der Waals surface area (Å²) >= 11 is 0. The Kier molecular flexibility index (Phi) is 4.21. The van der Waals surface area contributed by atoms with Crippen LogP contribution >= 0.6 is 0 Å². The highest BCUT2D eigenvalue weighted by atomic mass is 19.1. The molecule has 1 fully saturated rings. The summed E-state index contributed by atoms with van der Waals surface area (Å²) in [5, 5.41) is 0. The normalized spacial score (nSPS) is 15.6. The largest absolute Gasteiger partial charge is 0.378 e. The van der Waals surface area contributed by atoms with E-state index in [0.29, 0.717) is 13.2 Å². The Balaban J connectivity index is 1.74. The lowest BCUT2D eigenvalue weighted by Crippen LogP contribution is -2.37. The highest BCUT2D eigenvalue weighted by Crippen LogP contribution is 2.12. The third kappa shape index (κ3) is 3.64. The number of morpholine rings is 1. The average Bonchev–Trinajstić information content (AvgIpc) is 2.55. The zero-order valence-electron chi connectivity index (χ0n) is 11.6. The van der Waals surface area contributed by atoms with Crippen LogP contribution in [0, 0.1) is 5.82 Å². The van der Waals surface area contributed by atoms with Gasteiger partial charge in [0.05, 0.1) is 18.9 Å². The Hall–Kier alpha value is -2.27. The lowest BCUT2D eigenvalue weighted by atomic mass is 10.2. The van der Waals surface area contributed by atoms with Crippen LogP contribution < -0.4 is 4.90 Å². The molecule has 3 rings (SSSR count). The van der Waals surface area contributed by atoms with E-state index >= 15 is 0 Å². The molecule has 4 nitrogen and oxygen atoms in total. The molecule has 108 valence electrons. The molecule has 5 heteroatoms. The Morgan fingerprint density at radius 3 is 2.57 bits per heavy atom. The lowest BCUT2D eigenvalue weighted by molar-refractivity contribution is 0.122. The Morgan fingerprint density at radius 1 is 1.05 bits per heavy atom. The predicted octanol–water partition coefficient (Wildman–Crippen LogP) is 2.62. The van der Waals surface area contributed by atoms with Crippen molar-refractivity contribution in [3.8, 4) is 0 Å². The van der Waals surface area contributed by atoms with Crippen molar-refractivity contribution in [1.29, 1.82) is 0 Å². The SMILES string of the molecule is Fc1ccc(/C=C/c2ccnc(N3CCOCC3)n2)cc1. The maximum atomic E-state index is 12.8. The maximum absolute atomic E-state index is 12.8. The van der Waals surface area contributed by atoms with E-state index in [2.05, 4.69) is 14.9 Å². The van der Waals surface area contributed by atoms with Crippen molar-refractivity contribution in [2.75, 3.05) is 31.2 Å². The summed E-state index contributed by atoms with van der Waals surface area (Å²) in [6.45, 7) is 3.04. The average molecular weight is 285 g/mol. The van der Waals surface area contributed by atoms with Crippen LogP contribution in [0.1, 0.15) is 11.3 Å². The monoisotopic (exact) mass is 285 g/mol. The minimum atomic E-state index is -0.233. The zero-order valence-corrected chi connectivity index (χ0v) is 11.6. The fourth-order valence-electron chi connectivity index (χ4n) is 2.13. The van der Waals surface area contributed by atoms with Gasteiger partial charge in [0.25, 0.3) is 0 Å². The highest BCUT2D eigenvalue weighted by molar-refractivity contribution is 5.68. The van der Waals surface area contributed by atoms with Gasteiger partial charge in [-0.1, -0.05) is 18.2 Å². The van der Waals surface area contributed by atoms with Crippen molar-refractivity contribution < 1.29 is 9.13 Å². The third-order valence-electron chi connectivity index (χ3n) is 3.27. The summed E-state index contributed by atoms with van der Waals surface area (Å²) in [7, 11) is 0. The number of nitrogens with zero attached hydrogens (tertiary/aromatic N) is 3. The van der Waals surface area contributed by atoms with Gasteiger partial charge >= 0.3 is 0 Å². The summed E-state index contributed by atoms with van der Waals surface area (Å²) < 4.78 is 18.2. The van der Waals surface area contributed by atoms with Crippen molar-refractivity contribution in [3.63, 3.8) is 0 Å². The number of hydrogen-bond donors (Lipinski definition) is 0. The van der Waals surface area contributed by atoms with E-state index in [1.54, 1.807) is 18.3 Å². The number of ether oxygens (including phenoxy) is 1. The Labute approximate surface area is 122 Å². The highest BCUT2D eigenvalue weighted by Gasteiger charge is 2.13. The molecule has 0 saturated carbocycles. The van der Waals surface area contributed by atoms with Gasteiger partial charge in [0, 0.05) is 19.3 Å². The zero-order chi connectivity index (χ0) is 14.5. The molecule has 0 amide bonds. The molecular formula is C16H16FN3O. The Bertz CT molecular complexity index is 622. The van der Waals surface area contributed by atoms with Gasteiger partial charge < -0.3 is 9.64 Å². The number of benzene rings is 1. The van der Waals surface area contributed by atoms with Crippen LogP contribution in [0.4, 0.5) is 10.3 Å². The first-order chi connectivity index (χ1) is 10.3. The molecule has 0 aliphatic carbocycles. The van der Waals surface area contributed by atoms with Gasteiger partial charge in [-0.25, -0.2) is 14.4 Å². The molecule has 1 aliphatic heterocycles. The molecule has 0 spiro atoms. The molecule has 0 radical (unpaired) electrons. The number of aromatic nitrogens is 2. The van der Waals surface area contributed by atoms with Gasteiger partial charge in [0.15, 0.2) is 0 Å². The van der Waals surface area contributed by atoms with Crippen LogP contribution in [0.25, 0.3) is 12.2 Å². The third-order valence-corrected chi connectivity index (χ3v) is 3.27. The van der Waals surface area contributed by atoms with Crippen molar-refractivity contribution in [2.24, 2.45) is 0 Å². The topological polar surface area (TPSA) is 38.2 Å². The number of rotatable bonds is 3. The molecule has 0 unspecified atom stereocenters. The predicted molar refractivity (Wildman–Crippen MR) is 80.4 cm³/mol. The first-order valence-electron chi connectivity index (χ1n) is 6.91. The molecule has 1 aromatic carbocycles. The standard InChI is InChI=1S/C16H16FN3O/c17-14-4-1-13(2-5-14)3-6-15-7-8-18-16(19-15)20-9-11-21-12-10-20/h1-8H,9-12H2/b6-3+. The van der Waals surface area contributed by atoms with E-state index in [1.807, 2.05) is 18.2 Å². The van der Waals surface area contributed by atoms with E-state index in [0.717, 1.165) is 30.3 Å². The summed E-state index contributed by atoms with van der Waals surface area (Å²) in [5.74, 6) is 0.489. The number of anilines is 1. The van der Waals surface area contributed by atoms with Crippen molar-refractivity contribution in [3.05, 3.63) is 53.6 Å². The molecule has 1 saturated heterocycles. The maximum Gasteiger partial charge on any atom is 0.225 e. The number of hydrogen-bond acceptors (Lipinski definition) is 4. The summed E-state index contributed by atoms with van der Waals surface area (Å²) in [6, 6.07) is 8.20. The van der Waals surface area contributed by atoms with E-state index in [-0.39, 0.29) is 5.82 Å². The van der Waals surface area contributed by atoms with Gasteiger partial charge in [0.2, 0.25) is 5.95 Å². The molecule has 2 heterocycles. The van der Waals surface area contributed by atoms with Gasteiger partial charge in [0.1, 0.15) is 5.82 Å². The van der Waals surface area contributed by atoms with Crippen LogP contribution in [0.3, 0.4) is 0 Å². The molecular weight excluding hydrogens is 269 g/mol. The smallest absolute Gasteiger partial charge is 0.225 e. The molecule has 2 aromatic rings. The molecule has 21 heavy (non-hydrogen) atoms. The first-order valence-corrected chi connectivity index (χ1v) is 6.91. The van der Waals surface area contributed by atoms with Crippen molar-refractivity contribution >= 4 is 18.1 Å². The lowest BCUT2D eigenvalue weighted by Gasteiger charge is -2.26. The van der Waals surface area contributed by atoms with E-state index in [4.69, 9.17) is 4.74 Å². The first kappa shape index (κ1) is 13.7.